The van der Waals surface area contributed by atoms with E-state index in [2.05, 4.69) is 4.98 Å². The highest BCUT2D eigenvalue weighted by atomic mass is 32.2. The zero-order valence-corrected chi connectivity index (χ0v) is 14.3. The van der Waals surface area contributed by atoms with E-state index in [1.54, 1.807) is 0 Å². The van der Waals surface area contributed by atoms with E-state index < -0.39 is 0 Å². The molecule has 5 nitrogen and oxygen atoms in total. The Labute approximate surface area is 144 Å². The summed E-state index contributed by atoms with van der Waals surface area (Å²) in [5.74, 6) is 0.101. The number of anilines is 1. The van der Waals surface area contributed by atoms with Gasteiger partial charge in [-0.15, -0.1) is 0 Å². The van der Waals surface area contributed by atoms with Gasteiger partial charge >= 0.3 is 0 Å². The zero-order chi connectivity index (χ0) is 16.7. The number of hydrogen-bond donors (Lipinski definition) is 0. The van der Waals surface area contributed by atoms with E-state index in [1.165, 1.54) is 23.4 Å². The summed E-state index contributed by atoms with van der Waals surface area (Å²) in [5, 5.41) is 0.500. The molecule has 2 heterocycles. The number of aromatic nitrogens is 2. The molecule has 2 aliphatic rings. The van der Waals surface area contributed by atoms with Gasteiger partial charge in [-0.2, -0.15) is 4.98 Å². The second kappa shape index (κ2) is 6.09. The van der Waals surface area contributed by atoms with E-state index >= 15 is 0 Å². The summed E-state index contributed by atoms with van der Waals surface area (Å²) < 4.78 is 2.05. The Balaban J connectivity index is 1.54. The third kappa shape index (κ3) is 2.98. The van der Waals surface area contributed by atoms with Crippen LogP contribution >= 0.6 is 11.8 Å². The molecule has 0 unspecified atom stereocenters. The number of benzene rings is 1. The van der Waals surface area contributed by atoms with Crippen LogP contribution in [0.25, 0.3) is 0 Å². The molecule has 24 heavy (non-hydrogen) atoms. The number of aryl methyl sites for hydroxylation is 1. The molecule has 1 aliphatic heterocycles. The molecule has 4 rings (SSSR count). The molecule has 1 amide bonds. The number of rotatable bonds is 4. The molecular formula is C18H19N3O2S. The van der Waals surface area contributed by atoms with Gasteiger partial charge in [0.15, 0.2) is 5.16 Å². The van der Waals surface area contributed by atoms with Crippen LogP contribution < -0.4 is 10.5 Å². The lowest BCUT2D eigenvalue weighted by molar-refractivity contribution is -0.116. The van der Waals surface area contributed by atoms with Crippen LogP contribution in [0.4, 0.5) is 5.69 Å². The molecule has 1 aromatic heterocycles. The monoisotopic (exact) mass is 341 g/mol. The van der Waals surface area contributed by atoms with Crippen molar-refractivity contribution in [2.75, 3.05) is 11.4 Å². The van der Waals surface area contributed by atoms with Crippen LogP contribution in [-0.2, 0) is 4.79 Å². The fourth-order valence-electron chi connectivity index (χ4n) is 2.99. The van der Waals surface area contributed by atoms with Gasteiger partial charge in [0.1, 0.15) is 0 Å². The molecule has 0 spiro atoms. The van der Waals surface area contributed by atoms with Crippen LogP contribution in [0.15, 0.2) is 46.5 Å². The number of nitrogens with zero attached hydrogens (tertiary/aromatic N) is 3. The smallest absolute Gasteiger partial charge is 0.273 e. The van der Waals surface area contributed by atoms with Crippen LogP contribution in [-0.4, -0.2) is 27.3 Å². The van der Waals surface area contributed by atoms with Crippen molar-refractivity contribution in [2.45, 2.75) is 42.6 Å². The second-order valence-corrected chi connectivity index (χ2v) is 7.58. The molecule has 0 N–H and O–H groups in total. The molecule has 1 aromatic carbocycles. The summed E-state index contributed by atoms with van der Waals surface area (Å²) in [5.41, 5.74) is 1.88. The first kappa shape index (κ1) is 15.4. The molecule has 0 bridgehead atoms. The first-order valence-corrected chi connectivity index (χ1v) is 9.14. The van der Waals surface area contributed by atoms with Crippen molar-refractivity contribution in [3.8, 4) is 0 Å². The first-order valence-electron chi connectivity index (χ1n) is 8.26. The third-order valence-electron chi connectivity index (χ3n) is 4.49. The summed E-state index contributed by atoms with van der Waals surface area (Å²) in [7, 11) is 0. The minimum Gasteiger partial charge on any atom is -0.324 e. The van der Waals surface area contributed by atoms with Gasteiger partial charge in [0.05, 0.1) is 5.25 Å². The highest BCUT2D eigenvalue weighted by Crippen LogP contribution is 2.39. The van der Waals surface area contributed by atoms with Crippen LogP contribution in [0.1, 0.15) is 30.9 Å². The van der Waals surface area contributed by atoms with E-state index in [-0.39, 0.29) is 16.7 Å². The minimum absolute atomic E-state index is 0.101. The Hall–Kier alpha value is -2.08. The van der Waals surface area contributed by atoms with Gasteiger partial charge in [-0.05, 0) is 38.3 Å². The van der Waals surface area contributed by atoms with Crippen LogP contribution in [0, 0.1) is 6.92 Å². The van der Waals surface area contributed by atoms with Gasteiger partial charge in [-0.1, -0.05) is 29.5 Å². The molecular weight excluding hydrogens is 322 g/mol. The lowest BCUT2D eigenvalue weighted by Crippen LogP contribution is -2.28. The molecule has 1 aliphatic carbocycles. The van der Waals surface area contributed by atoms with Crippen molar-refractivity contribution in [3.05, 3.63) is 52.4 Å². The summed E-state index contributed by atoms with van der Waals surface area (Å²) in [6.45, 7) is 2.74. The maximum atomic E-state index is 12.8. The molecule has 0 radical (unpaired) electrons. The molecule has 124 valence electrons. The molecule has 6 heteroatoms. The number of hydrogen-bond acceptors (Lipinski definition) is 4. The SMILES string of the molecule is Cc1ccc(N2CC[C@@H](Sc3nc(=O)ccn3C3CC3)C2=O)cc1. The Morgan fingerprint density at radius 3 is 2.54 bits per heavy atom. The lowest BCUT2D eigenvalue weighted by Gasteiger charge is -2.17. The Morgan fingerprint density at radius 1 is 1.08 bits per heavy atom. The number of carbonyl (C=O) groups is 1. The van der Waals surface area contributed by atoms with E-state index in [4.69, 9.17) is 0 Å². The fourth-order valence-corrected chi connectivity index (χ4v) is 4.17. The Morgan fingerprint density at radius 2 is 1.83 bits per heavy atom. The topological polar surface area (TPSA) is 55.2 Å². The van der Waals surface area contributed by atoms with Gasteiger partial charge in [0.25, 0.3) is 5.56 Å². The zero-order valence-electron chi connectivity index (χ0n) is 13.5. The molecule has 2 fully saturated rings. The Kier molecular flexibility index (Phi) is 3.92. The van der Waals surface area contributed by atoms with Gasteiger partial charge in [-0.25, -0.2) is 0 Å². The van der Waals surface area contributed by atoms with Crippen molar-refractivity contribution in [2.24, 2.45) is 0 Å². The van der Waals surface area contributed by atoms with Gasteiger partial charge in [-0.3, -0.25) is 9.59 Å². The maximum absolute atomic E-state index is 12.8. The van der Waals surface area contributed by atoms with Gasteiger partial charge < -0.3 is 9.47 Å². The van der Waals surface area contributed by atoms with Crippen molar-refractivity contribution in [1.82, 2.24) is 9.55 Å². The molecule has 1 saturated carbocycles. The van der Waals surface area contributed by atoms with Gasteiger partial charge in [0, 0.05) is 30.5 Å². The molecule has 1 atom stereocenters. The quantitative estimate of drug-likeness (QED) is 0.803. The lowest BCUT2D eigenvalue weighted by atomic mass is 10.2. The summed E-state index contributed by atoms with van der Waals surface area (Å²) in [6.07, 6.45) is 4.82. The van der Waals surface area contributed by atoms with Crippen LogP contribution in [0.2, 0.25) is 0 Å². The van der Waals surface area contributed by atoms with Crippen molar-refractivity contribution in [1.29, 1.82) is 0 Å². The summed E-state index contributed by atoms with van der Waals surface area (Å²) in [6, 6.07) is 9.95. The summed E-state index contributed by atoms with van der Waals surface area (Å²) in [4.78, 5) is 30.4. The molecule has 2 aromatic rings. The van der Waals surface area contributed by atoms with Crippen molar-refractivity contribution < 1.29 is 4.79 Å². The predicted molar refractivity (Wildman–Crippen MR) is 94.6 cm³/mol. The predicted octanol–water partition coefficient (Wildman–Crippen LogP) is 2.78. The van der Waals surface area contributed by atoms with Crippen LogP contribution in [0.3, 0.4) is 0 Å². The van der Waals surface area contributed by atoms with E-state index in [0.29, 0.717) is 17.7 Å². The van der Waals surface area contributed by atoms with Crippen molar-refractivity contribution in [3.63, 3.8) is 0 Å². The standard InChI is InChI=1S/C18H19N3O2S/c1-12-2-4-13(5-3-12)20-10-8-15(17(20)23)24-18-19-16(22)9-11-21(18)14-6-7-14/h2-5,9,11,14-15H,6-8,10H2,1H3/t15-/m1/s1. The third-order valence-corrected chi connectivity index (χ3v) is 5.73. The second-order valence-electron chi connectivity index (χ2n) is 6.41. The van der Waals surface area contributed by atoms with Gasteiger partial charge in [0.2, 0.25) is 5.91 Å². The minimum atomic E-state index is -0.241. The average molecular weight is 341 g/mol. The average Bonchev–Trinajstić information content (AvgIpc) is 3.34. The van der Waals surface area contributed by atoms with E-state index in [0.717, 1.165) is 24.9 Å². The summed E-state index contributed by atoms with van der Waals surface area (Å²) >= 11 is 1.43. The van der Waals surface area contributed by atoms with E-state index in [1.807, 2.05) is 46.9 Å². The fraction of sp³-hybridized carbons (Fsp3) is 0.389. The normalized spacial score (nSPS) is 20.6. The molecule has 1 saturated heterocycles. The number of thioether (sulfide) groups is 1. The highest BCUT2D eigenvalue weighted by Gasteiger charge is 2.35. The highest BCUT2D eigenvalue weighted by molar-refractivity contribution is 8.00. The number of carbonyl (C=O) groups excluding carboxylic acids is 1. The van der Waals surface area contributed by atoms with Crippen molar-refractivity contribution >= 4 is 23.4 Å². The number of amides is 1. The Bertz CT molecular complexity index is 827. The first-order chi connectivity index (χ1) is 11.6. The maximum Gasteiger partial charge on any atom is 0.273 e. The largest absolute Gasteiger partial charge is 0.324 e. The van der Waals surface area contributed by atoms with E-state index in [9.17, 15) is 9.59 Å². The van der Waals surface area contributed by atoms with Crippen LogP contribution in [0.5, 0.6) is 0 Å².